The summed E-state index contributed by atoms with van der Waals surface area (Å²) >= 11 is 15.3. The molecule has 0 unspecified atom stereocenters. The largest absolute Gasteiger partial charge is 0.493 e. The lowest BCUT2D eigenvalue weighted by Crippen LogP contribution is -2.43. The van der Waals surface area contributed by atoms with Gasteiger partial charge in [-0.05, 0) is 45.8 Å². The van der Waals surface area contributed by atoms with Crippen LogP contribution in [0.25, 0.3) is 0 Å². The molecule has 0 atom stereocenters. The quantitative estimate of drug-likeness (QED) is 0.292. The summed E-state index contributed by atoms with van der Waals surface area (Å²) in [5.74, 6) is -1.46. The molecule has 1 aliphatic heterocycles. The molecule has 2 aromatic carbocycles. The number of ether oxygens (including phenoxy) is 3. The second-order valence-corrected chi connectivity index (χ2v) is 8.71. The van der Waals surface area contributed by atoms with E-state index >= 15 is 0 Å². The van der Waals surface area contributed by atoms with Crippen LogP contribution in [-0.4, -0.2) is 68.9 Å². The fourth-order valence-corrected chi connectivity index (χ4v) is 3.91. The first-order valence-electron chi connectivity index (χ1n) is 10.2. The highest BCUT2D eigenvalue weighted by Crippen LogP contribution is 2.36. The Balaban J connectivity index is 1.59. The molecule has 13 heteroatoms. The molecule has 1 aliphatic rings. The van der Waals surface area contributed by atoms with Crippen LogP contribution in [0.15, 0.2) is 39.9 Å². The molecule has 0 radical (unpaired) electrons. The molecular weight excluding hydrogens is 567 g/mol. The van der Waals surface area contributed by atoms with E-state index in [0.717, 1.165) is 0 Å². The molecule has 1 saturated heterocycles. The maximum absolute atomic E-state index is 12.3. The van der Waals surface area contributed by atoms with Crippen LogP contribution in [-0.2, 0) is 19.1 Å². The number of carbonyl (C=O) groups is 3. The van der Waals surface area contributed by atoms with Crippen molar-refractivity contribution in [2.75, 3.05) is 45.3 Å². The number of hydrazone groups is 1. The van der Waals surface area contributed by atoms with Crippen LogP contribution >= 0.6 is 39.1 Å². The van der Waals surface area contributed by atoms with E-state index in [2.05, 4.69) is 31.8 Å². The number of nitrogens with one attached hydrogen (secondary N) is 2. The molecule has 1 fully saturated rings. The van der Waals surface area contributed by atoms with Crippen molar-refractivity contribution in [1.82, 2.24) is 10.3 Å². The van der Waals surface area contributed by atoms with E-state index in [-0.39, 0.29) is 28.2 Å². The van der Waals surface area contributed by atoms with Crippen LogP contribution in [0.1, 0.15) is 5.56 Å². The van der Waals surface area contributed by atoms with Crippen LogP contribution < -0.4 is 20.2 Å². The molecule has 3 amide bonds. The van der Waals surface area contributed by atoms with Crippen molar-refractivity contribution in [3.63, 3.8) is 0 Å². The summed E-state index contributed by atoms with van der Waals surface area (Å²) in [6.45, 7) is 1.88. The Morgan fingerprint density at radius 1 is 1.20 bits per heavy atom. The second-order valence-electron chi connectivity index (χ2n) is 7.07. The van der Waals surface area contributed by atoms with Crippen molar-refractivity contribution in [2.45, 2.75) is 0 Å². The Morgan fingerprint density at radius 2 is 1.94 bits per heavy atom. The van der Waals surface area contributed by atoms with Gasteiger partial charge in [-0.2, -0.15) is 5.10 Å². The molecule has 0 aliphatic carbocycles. The van der Waals surface area contributed by atoms with E-state index in [4.69, 9.17) is 37.4 Å². The average Bonchev–Trinajstić information content (AvgIpc) is 2.86. The predicted molar refractivity (Wildman–Crippen MR) is 134 cm³/mol. The predicted octanol–water partition coefficient (Wildman–Crippen LogP) is 3.09. The molecule has 0 aromatic heterocycles. The Bertz CT molecular complexity index is 1140. The van der Waals surface area contributed by atoms with Gasteiger partial charge >= 0.3 is 11.8 Å². The van der Waals surface area contributed by atoms with Gasteiger partial charge < -0.3 is 24.4 Å². The number of hydrogen-bond acceptors (Lipinski definition) is 7. The Hall–Kier alpha value is -2.86. The third-order valence-corrected chi connectivity index (χ3v) is 6.15. The first kappa shape index (κ1) is 26.7. The number of carbonyl (C=O) groups excluding carboxylic acids is 3. The summed E-state index contributed by atoms with van der Waals surface area (Å²) in [6, 6.07) is 7.88. The van der Waals surface area contributed by atoms with E-state index in [1.165, 1.54) is 19.4 Å². The van der Waals surface area contributed by atoms with Gasteiger partial charge in [-0.3, -0.25) is 14.4 Å². The number of hydrogen-bond donors (Lipinski definition) is 2. The third kappa shape index (κ3) is 7.31. The van der Waals surface area contributed by atoms with Gasteiger partial charge in [0, 0.05) is 13.1 Å². The van der Waals surface area contributed by atoms with Crippen LogP contribution in [0.4, 0.5) is 5.69 Å². The molecule has 35 heavy (non-hydrogen) atoms. The first-order chi connectivity index (χ1) is 16.8. The minimum atomic E-state index is -1.01. The van der Waals surface area contributed by atoms with Crippen LogP contribution in [0, 0.1) is 0 Å². The molecule has 0 saturated carbocycles. The van der Waals surface area contributed by atoms with Gasteiger partial charge in [0.05, 0.1) is 46.7 Å². The van der Waals surface area contributed by atoms with Crippen LogP contribution in [0.5, 0.6) is 11.5 Å². The van der Waals surface area contributed by atoms with E-state index < -0.39 is 11.8 Å². The highest BCUT2D eigenvalue weighted by atomic mass is 79.9. The summed E-state index contributed by atoms with van der Waals surface area (Å²) in [5, 5.41) is 6.50. The van der Waals surface area contributed by atoms with E-state index in [1.807, 2.05) is 0 Å². The molecule has 0 bridgehead atoms. The van der Waals surface area contributed by atoms with Gasteiger partial charge in [0.25, 0.3) is 5.91 Å². The van der Waals surface area contributed by atoms with Crippen molar-refractivity contribution in [2.24, 2.45) is 5.10 Å². The zero-order valence-corrected chi connectivity index (χ0v) is 21.6. The highest BCUT2D eigenvalue weighted by molar-refractivity contribution is 9.10. The molecule has 2 aromatic rings. The van der Waals surface area contributed by atoms with E-state index in [9.17, 15) is 14.4 Å². The van der Waals surface area contributed by atoms with E-state index in [1.54, 1.807) is 29.2 Å². The fourth-order valence-electron chi connectivity index (χ4n) is 2.99. The van der Waals surface area contributed by atoms with Crippen molar-refractivity contribution in [3.05, 3.63) is 50.4 Å². The number of morpholine rings is 1. The van der Waals surface area contributed by atoms with Crippen LogP contribution in [0.2, 0.25) is 10.0 Å². The van der Waals surface area contributed by atoms with Crippen LogP contribution in [0.3, 0.4) is 0 Å². The first-order valence-corrected chi connectivity index (χ1v) is 11.8. The summed E-state index contributed by atoms with van der Waals surface area (Å²) in [4.78, 5) is 38.1. The minimum Gasteiger partial charge on any atom is -0.493 e. The van der Waals surface area contributed by atoms with Gasteiger partial charge in [0.1, 0.15) is 0 Å². The third-order valence-electron chi connectivity index (χ3n) is 4.74. The number of nitrogens with zero attached hydrogens (tertiary/aromatic N) is 2. The second kappa shape index (κ2) is 12.7. The van der Waals surface area contributed by atoms with Gasteiger partial charge in [0.2, 0.25) is 0 Å². The summed E-state index contributed by atoms with van der Waals surface area (Å²) in [5.41, 5.74) is 2.85. The molecule has 10 nitrogen and oxygen atoms in total. The lowest BCUT2D eigenvalue weighted by molar-refractivity contribution is -0.137. The topological polar surface area (TPSA) is 119 Å². The Labute approximate surface area is 219 Å². The number of benzene rings is 2. The number of anilines is 1. The maximum atomic E-state index is 12.3. The monoisotopic (exact) mass is 586 g/mol. The van der Waals surface area contributed by atoms with Gasteiger partial charge in [-0.25, -0.2) is 5.43 Å². The Morgan fingerprint density at radius 3 is 2.66 bits per heavy atom. The van der Waals surface area contributed by atoms with Crippen molar-refractivity contribution >= 4 is 68.8 Å². The zero-order chi connectivity index (χ0) is 25.4. The van der Waals surface area contributed by atoms with Crippen molar-refractivity contribution < 1.29 is 28.6 Å². The SMILES string of the molecule is COc1cc(/C=N\NC(=O)C(=O)Nc2cccc(Cl)c2Cl)cc(Br)c1OCC(=O)N1CCOCC1. The molecule has 3 rings (SSSR count). The standard InChI is InChI=1S/C22H21BrCl2N4O6/c1-33-17-10-13(9-14(23)20(17)35-12-18(30)29-5-7-34-8-6-29)11-26-28-22(32)21(31)27-16-4-2-3-15(24)19(16)25/h2-4,9-11H,5-8,12H2,1H3,(H,27,31)(H,28,32)/b26-11-. The van der Waals surface area contributed by atoms with Gasteiger partial charge in [0.15, 0.2) is 18.1 Å². The normalized spacial score (nSPS) is 13.4. The summed E-state index contributed by atoms with van der Waals surface area (Å²) in [6.07, 6.45) is 1.31. The minimum absolute atomic E-state index is 0.115. The molecule has 0 spiro atoms. The lowest BCUT2D eigenvalue weighted by atomic mass is 10.2. The van der Waals surface area contributed by atoms with Gasteiger partial charge in [-0.15, -0.1) is 0 Å². The summed E-state index contributed by atoms with van der Waals surface area (Å²) < 4.78 is 16.8. The highest BCUT2D eigenvalue weighted by Gasteiger charge is 2.20. The van der Waals surface area contributed by atoms with Gasteiger partial charge in [-0.1, -0.05) is 29.3 Å². The van der Waals surface area contributed by atoms with Crippen molar-refractivity contribution in [1.29, 1.82) is 0 Å². The zero-order valence-electron chi connectivity index (χ0n) is 18.5. The van der Waals surface area contributed by atoms with Crippen molar-refractivity contribution in [3.8, 4) is 11.5 Å². The molecule has 2 N–H and O–H groups in total. The number of amides is 3. The average molecular weight is 588 g/mol. The lowest BCUT2D eigenvalue weighted by Gasteiger charge is -2.26. The molecule has 1 heterocycles. The molecule has 186 valence electrons. The number of rotatable bonds is 7. The Kier molecular flexibility index (Phi) is 9.73. The fraction of sp³-hybridized carbons (Fsp3) is 0.273. The number of halogens is 3. The number of methoxy groups -OCH3 is 1. The van der Waals surface area contributed by atoms with E-state index in [0.29, 0.717) is 47.8 Å². The maximum Gasteiger partial charge on any atom is 0.329 e. The molecular formula is C22H21BrCl2N4O6. The smallest absolute Gasteiger partial charge is 0.329 e. The summed E-state index contributed by atoms with van der Waals surface area (Å²) in [7, 11) is 1.45.